The molecular weight excluding hydrogens is 292 g/mol. The summed E-state index contributed by atoms with van der Waals surface area (Å²) in [6.07, 6.45) is 0. The highest BCUT2D eigenvalue weighted by atomic mass is 35.5. The summed E-state index contributed by atoms with van der Waals surface area (Å²) in [6.45, 7) is 4.08. The molecule has 5 heteroatoms. The van der Waals surface area contributed by atoms with E-state index in [-0.39, 0.29) is 0 Å². The van der Waals surface area contributed by atoms with E-state index in [1.165, 1.54) is 5.56 Å². The number of methoxy groups -OCH3 is 1. The Kier molecular flexibility index (Phi) is 3.36. The van der Waals surface area contributed by atoms with Crippen molar-refractivity contribution in [3.8, 4) is 16.5 Å². The third kappa shape index (κ3) is 2.25. The Morgan fingerprint density at radius 3 is 2.65 bits per heavy atom. The van der Waals surface area contributed by atoms with Crippen molar-refractivity contribution in [1.82, 2.24) is 9.97 Å². The summed E-state index contributed by atoms with van der Waals surface area (Å²) in [6, 6.07) is 6.04. The average Bonchev–Trinajstić information content (AvgIpc) is 2.85. The number of rotatable bonds is 2. The van der Waals surface area contributed by atoms with E-state index >= 15 is 0 Å². The molecule has 3 aromatic rings. The molecule has 2 aromatic heterocycles. The molecule has 0 unspecified atom stereocenters. The third-order valence-corrected chi connectivity index (χ3v) is 4.31. The van der Waals surface area contributed by atoms with Crippen LogP contribution in [0.3, 0.4) is 0 Å². The Morgan fingerprint density at radius 1 is 1.15 bits per heavy atom. The third-order valence-electron chi connectivity index (χ3n) is 3.13. The van der Waals surface area contributed by atoms with E-state index in [1.54, 1.807) is 18.4 Å². The maximum Gasteiger partial charge on any atom is 0.171 e. The molecule has 20 heavy (non-hydrogen) atoms. The first-order valence-corrected chi connectivity index (χ1v) is 7.41. The van der Waals surface area contributed by atoms with E-state index in [2.05, 4.69) is 23.0 Å². The van der Waals surface area contributed by atoms with Crippen molar-refractivity contribution in [1.29, 1.82) is 0 Å². The molecule has 3 nitrogen and oxygen atoms in total. The van der Waals surface area contributed by atoms with Gasteiger partial charge in [0.15, 0.2) is 5.82 Å². The Hall–Kier alpha value is -1.65. The zero-order chi connectivity index (χ0) is 14.3. The molecule has 0 aliphatic carbocycles. The second-order valence-electron chi connectivity index (χ2n) is 4.66. The van der Waals surface area contributed by atoms with Crippen LogP contribution < -0.4 is 4.74 Å². The standard InChI is InChI=1S/C15H13ClN2OS/c1-8-4-9(2)13-11(5-8)17-15(18-14(13)16)12-6-10(19-3)7-20-12/h4-7H,1-3H3. The molecule has 0 spiro atoms. The summed E-state index contributed by atoms with van der Waals surface area (Å²) in [5.41, 5.74) is 3.14. The minimum Gasteiger partial charge on any atom is -0.496 e. The van der Waals surface area contributed by atoms with E-state index in [9.17, 15) is 0 Å². The second-order valence-corrected chi connectivity index (χ2v) is 5.93. The molecule has 0 saturated carbocycles. The minimum atomic E-state index is 0.495. The first-order valence-electron chi connectivity index (χ1n) is 6.16. The van der Waals surface area contributed by atoms with Crippen LogP contribution in [0.4, 0.5) is 0 Å². The number of aromatic nitrogens is 2. The Bertz CT molecular complexity index is 798. The number of hydrogen-bond acceptors (Lipinski definition) is 4. The quantitative estimate of drug-likeness (QED) is 0.647. The van der Waals surface area contributed by atoms with Crippen LogP contribution in [-0.4, -0.2) is 17.1 Å². The number of thiophene rings is 1. The van der Waals surface area contributed by atoms with Crippen molar-refractivity contribution < 1.29 is 4.74 Å². The lowest BCUT2D eigenvalue weighted by Gasteiger charge is -2.07. The van der Waals surface area contributed by atoms with Gasteiger partial charge in [0.05, 0.1) is 17.5 Å². The fourth-order valence-electron chi connectivity index (χ4n) is 2.24. The van der Waals surface area contributed by atoms with Crippen LogP contribution >= 0.6 is 22.9 Å². The van der Waals surface area contributed by atoms with Gasteiger partial charge in [0, 0.05) is 16.8 Å². The van der Waals surface area contributed by atoms with Gasteiger partial charge in [0.2, 0.25) is 0 Å². The van der Waals surface area contributed by atoms with Gasteiger partial charge in [0.25, 0.3) is 0 Å². The molecule has 0 fully saturated rings. The highest BCUT2D eigenvalue weighted by Gasteiger charge is 2.12. The summed E-state index contributed by atoms with van der Waals surface area (Å²) in [4.78, 5) is 10.0. The van der Waals surface area contributed by atoms with Crippen molar-refractivity contribution in [2.24, 2.45) is 0 Å². The van der Waals surface area contributed by atoms with Gasteiger partial charge in [-0.05, 0) is 31.0 Å². The zero-order valence-electron chi connectivity index (χ0n) is 11.4. The Morgan fingerprint density at radius 2 is 1.95 bits per heavy atom. The lowest BCUT2D eigenvalue weighted by atomic mass is 10.1. The number of ether oxygens (including phenoxy) is 1. The van der Waals surface area contributed by atoms with Gasteiger partial charge in [-0.3, -0.25) is 0 Å². The largest absolute Gasteiger partial charge is 0.496 e. The SMILES string of the molecule is COc1csc(-c2nc(Cl)c3c(C)cc(C)cc3n2)c1. The molecule has 0 N–H and O–H groups in total. The summed E-state index contributed by atoms with van der Waals surface area (Å²) in [5, 5.41) is 3.34. The summed E-state index contributed by atoms with van der Waals surface area (Å²) in [5.74, 6) is 1.45. The van der Waals surface area contributed by atoms with Crippen LogP contribution in [0, 0.1) is 13.8 Å². The summed E-state index contributed by atoms with van der Waals surface area (Å²) >= 11 is 7.88. The van der Waals surface area contributed by atoms with Crippen LogP contribution in [0.5, 0.6) is 5.75 Å². The molecule has 1 aromatic carbocycles. The number of benzene rings is 1. The number of nitrogens with zero attached hydrogens (tertiary/aromatic N) is 2. The van der Waals surface area contributed by atoms with Gasteiger partial charge in [-0.1, -0.05) is 17.7 Å². The topological polar surface area (TPSA) is 35.0 Å². The van der Waals surface area contributed by atoms with Crippen molar-refractivity contribution in [2.45, 2.75) is 13.8 Å². The first kappa shape index (κ1) is 13.3. The van der Waals surface area contributed by atoms with Gasteiger partial charge >= 0.3 is 0 Å². The average molecular weight is 305 g/mol. The lowest BCUT2D eigenvalue weighted by Crippen LogP contribution is -1.93. The molecule has 2 heterocycles. The van der Waals surface area contributed by atoms with Gasteiger partial charge in [-0.25, -0.2) is 9.97 Å². The Labute approximate surface area is 126 Å². The molecule has 3 rings (SSSR count). The predicted molar refractivity (Wildman–Crippen MR) is 83.9 cm³/mol. The van der Waals surface area contributed by atoms with Crippen molar-refractivity contribution >= 4 is 33.8 Å². The molecule has 0 amide bonds. The van der Waals surface area contributed by atoms with Crippen LogP contribution in [0.2, 0.25) is 5.15 Å². The molecule has 0 radical (unpaired) electrons. The van der Waals surface area contributed by atoms with E-state index < -0.39 is 0 Å². The maximum atomic E-state index is 6.33. The van der Waals surface area contributed by atoms with Crippen molar-refractivity contribution in [3.63, 3.8) is 0 Å². The number of hydrogen-bond donors (Lipinski definition) is 0. The molecule has 0 saturated heterocycles. The number of fused-ring (bicyclic) bond motifs is 1. The van der Waals surface area contributed by atoms with Crippen LogP contribution in [0.1, 0.15) is 11.1 Å². The first-order chi connectivity index (χ1) is 9.58. The zero-order valence-corrected chi connectivity index (χ0v) is 13.0. The van der Waals surface area contributed by atoms with E-state index in [4.69, 9.17) is 16.3 Å². The van der Waals surface area contributed by atoms with Gasteiger partial charge in [-0.15, -0.1) is 11.3 Å². The molecule has 102 valence electrons. The minimum absolute atomic E-state index is 0.495. The monoisotopic (exact) mass is 304 g/mol. The molecule has 0 bridgehead atoms. The predicted octanol–water partition coefficient (Wildman–Crippen LogP) is 4.64. The Balaban J connectivity index is 2.23. The molecular formula is C15H13ClN2OS. The summed E-state index contributed by atoms with van der Waals surface area (Å²) < 4.78 is 5.19. The van der Waals surface area contributed by atoms with Crippen molar-refractivity contribution in [3.05, 3.63) is 39.9 Å². The number of aryl methyl sites for hydroxylation is 2. The van der Waals surface area contributed by atoms with E-state index in [1.807, 2.05) is 24.4 Å². The van der Waals surface area contributed by atoms with Crippen LogP contribution in [0.25, 0.3) is 21.6 Å². The summed E-state index contributed by atoms with van der Waals surface area (Å²) in [7, 11) is 1.65. The van der Waals surface area contributed by atoms with Gasteiger partial charge in [0.1, 0.15) is 10.9 Å². The smallest absolute Gasteiger partial charge is 0.171 e. The lowest BCUT2D eigenvalue weighted by molar-refractivity contribution is 0.417. The van der Waals surface area contributed by atoms with E-state index in [0.29, 0.717) is 11.0 Å². The van der Waals surface area contributed by atoms with Crippen LogP contribution in [0.15, 0.2) is 23.6 Å². The van der Waals surface area contributed by atoms with Crippen LogP contribution in [-0.2, 0) is 0 Å². The normalized spacial score (nSPS) is 11.0. The number of halogens is 1. The second kappa shape index (κ2) is 5.04. The van der Waals surface area contributed by atoms with E-state index in [0.717, 1.165) is 27.1 Å². The maximum absolute atomic E-state index is 6.33. The molecule has 0 aliphatic rings. The van der Waals surface area contributed by atoms with Gasteiger partial charge in [-0.2, -0.15) is 0 Å². The molecule has 0 atom stereocenters. The van der Waals surface area contributed by atoms with Gasteiger partial charge < -0.3 is 4.74 Å². The highest BCUT2D eigenvalue weighted by Crippen LogP contribution is 2.32. The fraction of sp³-hybridized carbons (Fsp3) is 0.200. The van der Waals surface area contributed by atoms with Crippen molar-refractivity contribution in [2.75, 3.05) is 7.11 Å². The molecule has 0 aliphatic heterocycles. The highest BCUT2D eigenvalue weighted by molar-refractivity contribution is 7.13. The fourth-order valence-corrected chi connectivity index (χ4v) is 3.36.